The van der Waals surface area contributed by atoms with Crippen LogP contribution in [-0.4, -0.2) is 23.2 Å². The summed E-state index contributed by atoms with van der Waals surface area (Å²) in [6, 6.07) is 23.9. The van der Waals surface area contributed by atoms with Gasteiger partial charge in [0.2, 0.25) is 0 Å². The maximum Gasteiger partial charge on any atom is 0.343 e. The quantitative estimate of drug-likeness (QED) is 0.300. The fourth-order valence-corrected chi connectivity index (χ4v) is 2.38. The third-order valence-electron chi connectivity index (χ3n) is 3.85. The molecule has 0 aliphatic heterocycles. The van der Waals surface area contributed by atoms with Crippen molar-refractivity contribution in [2.24, 2.45) is 5.10 Å². The van der Waals surface area contributed by atoms with E-state index in [1.807, 2.05) is 6.07 Å². The van der Waals surface area contributed by atoms with E-state index in [0.29, 0.717) is 22.4 Å². The standard InChI is InChI=1S/C22H18N2O4/c25-20(17-7-3-1-4-8-17)21(26)24-23-15-16-11-13-19(14-12-16)28-22(27)18-9-5-2-6-10-18/h1-15,20,25H,(H,24,26)/b23-15-/t20-/m0/s1. The molecule has 6 heteroatoms. The molecule has 0 aliphatic carbocycles. The second-order valence-electron chi connectivity index (χ2n) is 5.87. The number of aliphatic hydroxyl groups is 1. The summed E-state index contributed by atoms with van der Waals surface area (Å²) in [6.07, 6.45) is 0.136. The highest BCUT2D eigenvalue weighted by atomic mass is 16.5. The molecule has 0 heterocycles. The molecular weight excluding hydrogens is 356 g/mol. The minimum atomic E-state index is -1.29. The number of hydrogen-bond acceptors (Lipinski definition) is 5. The number of nitrogens with one attached hydrogen (secondary N) is 1. The van der Waals surface area contributed by atoms with Crippen LogP contribution >= 0.6 is 0 Å². The van der Waals surface area contributed by atoms with Crippen LogP contribution in [0.3, 0.4) is 0 Å². The van der Waals surface area contributed by atoms with E-state index in [9.17, 15) is 14.7 Å². The van der Waals surface area contributed by atoms with E-state index in [-0.39, 0.29) is 0 Å². The van der Waals surface area contributed by atoms with Crippen molar-refractivity contribution in [1.29, 1.82) is 0 Å². The Hall–Kier alpha value is -3.77. The number of aliphatic hydroxyl groups excluding tert-OH is 1. The molecule has 0 saturated heterocycles. The molecule has 0 fully saturated rings. The zero-order valence-corrected chi connectivity index (χ0v) is 14.9. The molecule has 3 aromatic carbocycles. The average Bonchev–Trinajstić information content (AvgIpc) is 2.75. The topological polar surface area (TPSA) is 88.0 Å². The van der Waals surface area contributed by atoms with Crippen LogP contribution in [0.2, 0.25) is 0 Å². The lowest BCUT2D eigenvalue weighted by Crippen LogP contribution is -2.25. The molecule has 1 amide bonds. The van der Waals surface area contributed by atoms with Gasteiger partial charge in [0.15, 0.2) is 6.10 Å². The number of ether oxygens (including phenoxy) is 1. The van der Waals surface area contributed by atoms with Crippen LogP contribution in [0.25, 0.3) is 0 Å². The monoisotopic (exact) mass is 374 g/mol. The molecule has 0 radical (unpaired) electrons. The molecule has 1 atom stereocenters. The number of nitrogens with zero attached hydrogens (tertiary/aromatic N) is 1. The Labute approximate surface area is 162 Å². The molecule has 0 unspecified atom stereocenters. The summed E-state index contributed by atoms with van der Waals surface area (Å²) >= 11 is 0. The van der Waals surface area contributed by atoms with E-state index >= 15 is 0 Å². The number of hydrazone groups is 1. The number of benzene rings is 3. The van der Waals surface area contributed by atoms with E-state index < -0.39 is 18.0 Å². The first-order valence-electron chi connectivity index (χ1n) is 8.57. The van der Waals surface area contributed by atoms with E-state index in [4.69, 9.17) is 4.74 Å². The molecule has 3 rings (SSSR count). The van der Waals surface area contributed by atoms with Crippen molar-refractivity contribution < 1.29 is 19.4 Å². The Morgan fingerprint density at radius 3 is 2.14 bits per heavy atom. The largest absolute Gasteiger partial charge is 0.423 e. The Morgan fingerprint density at radius 1 is 0.893 bits per heavy atom. The van der Waals surface area contributed by atoms with Crippen molar-refractivity contribution in [2.45, 2.75) is 6.10 Å². The molecule has 0 aliphatic rings. The van der Waals surface area contributed by atoms with Crippen LogP contribution in [0.15, 0.2) is 90.0 Å². The minimum absolute atomic E-state index is 0.398. The van der Waals surface area contributed by atoms with Gasteiger partial charge in [0.05, 0.1) is 11.8 Å². The normalized spacial score (nSPS) is 11.8. The zero-order chi connectivity index (χ0) is 19.8. The maximum atomic E-state index is 12.0. The zero-order valence-electron chi connectivity index (χ0n) is 14.9. The first kappa shape index (κ1) is 19.0. The first-order valence-corrected chi connectivity index (χ1v) is 8.57. The minimum Gasteiger partial charge on any atom is -0.423 e. The summed E-state index contributed by atoms with van der Waals surface area (Å²) in [5.41, 5.74) is 3.93. The van der Waals surface area contributed by atoms with Gasteiger partial charge < -0.3 is 9.84 Å². The highest BCUT2D eigenvalue weighted by molar-refractivity contribution is 5.91. The lowest BCUT2D eigenvalue weighted by Gasteiger charge is -2.08. The first-order chi connectivity index (χ1) is 13.6. The number of esters is 1. The van der Waals surface area contributed by atoms with Crippen molar-refractivity contribution in [3.63, 3.8) is 0 Å². The average molecular weight is 374 g/mol. The van der Waals surface area contributed by atoms with Gasteiger partial charge in [-0.25, -0.2) is 10.2 Å². The third-order valence-corrected chi connectivity index (χ3v) is 3.85. The van der Waals surface area contributed by atoms with Gasteiger partial charge in [-0.15, -0.1) is 0 Å². The Morgan fingerprint density at radius 2 is 1.50 bits per heavy atom. The fraction of sp³-hybridized carbons (Fsp3) is 0.0455. The molecule has 0 saturated carbocycles. The predicted octanol–water partition coefficient (Wildman–Crippen LogP) is 3.09. The smallest absolute Gasteiger partial charge is 0.343 e. The summed E-state index contributed by atoms with van der Waals surface area (Å²) in [6.45, 7) is 0. The van der Waals surface area contributed by atoms with Gasteiger partial charge in [-0.1, -0.05) is 48.5 Å². The number of carbonyl (C=O) groups is 2. The van der Waals surface area contributed by atoms with Crippen molar-refractivity contribution in [3.8, 4) is 5.75 Å². The van der Waals surface area contributed by atoms with Gasteiger partial charge in [-0.2, -0.15) is 5.10 Å². The second kappa shape index (κ2) is 9.25. The summed E-state index contributed by atoms with van der Waals surface area (Å²) in [5.74, 6) is -0.672. The fourth-order valence-electron chi connectivity index (χ4n) is 2.38. The number of rotatable bonds is 6. The lowest BCUT2D eigenvalue weighted by atomic mass is 10.1. The summed E-state index contributed by atoms with van der Waals surface area (Å²) in [4.78, 5) is 23.9. The summed E-state index contributed by atoms with van der Waals surface area (Å²) < 4.78 is 5.29. The molecule has 0 bridgehead atoms. The highest BCUT2D eigenvalue weighted by Crippen LogP contribution is 2.14. The van der Waals surface area contributed by atoms with Gasteiger partial charge in [-0.05, 0) is 47.5 Å². The molecule has 6 nitrogen and oxygen atoms in total. The molecule has 140 valence electrons. The van der Waals surface area contributed by atoms with Gasteiger partial charge in [0.25, 0.3) is 5.91 Å². The molecular formula is C22H18N2O4. The highest BCUT2D eigenvalue weighted by Gasteiger charge is 2.15. The van der Waals surface area contributed by atoms with Gasteiger partial charge in [0.1, 0.15) is 5.75 Å². The van der Waals surface area contributed by atoms with Crippen LogP contribution in [0.5, 0.6) is 5.75 Å². The number of amides is 1. The molecule has 2 N–H and O–H groups in total. The Kier molecular flexibility index (Phi) is 6.28. The second-order valence-corrected chi connectivity index (χ2v) is 5.87. The van der Waals surface area contributed by atoms with Crippen molar-refractivity contribution in [2.75, 3.05) is 0 Å². The molecule has 0 spiro atoms. The summed E-state index contributed by atoms with van der Waals surface area (Å²) in [5, 5.41) is 13.8. The Balaban J connectivity index is 1.54. The van der Waals surface area contributed by atoms with Crippen molar-refractivity contribution in [1.82, 2.24) is 5.43 Å². The third kappa shape index (κ3) is 5.12. The molecule has 3 aromatic rings. The van der Waals surface area contributed by atoms with E-state index in [2.05, 4.69) is 10.5 Å². The SMILES string of the molecule is O=C(Oc1ccc(/C=N\NC(=O)[C@@H](O)c2ccccc2)cc1)c1ccccc1. The lowest BCUT2D eigenvalue weighted by molar-refractivity contribution is -0.129. The van der Waals surface area contributed by atoms with Gasteiger partial charge in [0, 0.05) is 0 Å². The molecule has 28 heavy (non-hydrogen) atoms. The van der Waals surface area contributed by atoms with Crippen molar-refractivity contribution in [3.05, 3.63) is 102 Å². The number of carbonyl (C=O) groups excluding carboxylic acids is 2. The van der Waals surface area contributed by atoms with E-state index in [1.165, 1.54) is 6.21 Å². The van der Waals surface area contributed by atoms with Gasteiger partial charge in [-0.3, -0.25) is 4.79 Å². The van der Waals surface area contributed by atoms with Crippen LogP contribution in [0.4, 0.5) is 0 Å². The predicted molar refractivity (Wildman–Crippen MR) is 105 cm³/mol. The van der Waals surface area contributed by atoms with Crippen LogP contribution in [0.1, 0.15) is 27.6 Å². The molecule has 0 aromatic heterocycles. The van der Waals surface area contributed by atoms with E-state index in [1.54, 1.807) is 78.9 Å². The summed E-state index contributed by atoms with van der Waals surface area (Å²) in [7, 11) is 0. The number of hydrogen-bond donors (Lipinski definition) is 2. The van der Waals surface area contributed by atoms with Crippen LogP contribution in [-0.2, 0) is 4.79 Å². The van der Waals surface area contributed by atoms with Crippen LogP contribution < -0.4 is 10.2 Å². The maximum absolute atomic E-state index is 12.0. The van der Waals surface area contributed by atoms with Gasteiger partial charge >= 0.3 is 5.97 Å². The van der Waals surface area contributed by atoms with Crippen LogP contribution in [0, 0.1) is 0 Å². The Bertz CT molecular complexity index is 955. The van der Waals surface area contributed by atoms with Crippen molar-refractivity contribution >= 4 is 18.1 Å². The van der Waals surface area contributed by atoms with E-state index in [0.717, 1.165) is 0 Å².